The third-order valence-corrected chi connectivity index (χ3v) is 17.0. The summed E-state index contributed by atoms with van der Waals surface area (Å²) in [4.78, 5) is 137. The summed E-state index contributed by atoms with van der Waals surface area (Å²) < 4.78 is 43.0. The average Bonchev–Trinajstić information content (AvgIpc) is 1.56. The Morgan fingerprint density at radius 2 is 0.423 bits per heavy atom. The zero-order chi connectivity index (χ0) is 67.4. The molecule has 3 aliphatic rings. The summed E-state index contributed by atoms with van der Waals surface area (Å²) in [5.41, 5.74) is 3.45. The molecule has 13 rings (SSSR count). The van der Waals surface area contributed by atoms with Gasteiger partial charge in [0.25, 0.3) is 0 Å². The minimum absolute atomic E-state index is 0. The number of esters is 8. The van der Waals surface area contributed by atoms with E-state index in [1.54, 1.807) is 72.8 Å². The Kier molecular flexibility index (Phi) is 17.6. The number of carbonyl (C=O) groups is 8. The fraction of sp³-hybridized carbons (Fsp3) is 0.105. The van der Waals surface area contributed by atoms with E-state index in [1.165, 1.54) is 105 Å². The average molecular weight is 1340 g/mol. The van der Waals surface area contributed by atoms with E-state index >= 15 is 0 Å². The van der Waals surface area contributed by atoms with Crippen molar-refractivity contribution in [3.63, 3.8) is 0 Å². The van der Waals surface area contributed by atoms with Crippen LogP contribution >= 0.6 is 0 Å². The van der Waals surface area contributed by atoms with E-state index in [4.69, 9.17) is 57.8 Å². The predicted octanol–water partition coefficient (Wildman–Crippen LogP) is 13.5. The van der Waals surface area contributed by atoms with Crippen LogP contribution < -0.4 is 9.97 Å². The normalized spacial score (nSPS) is 11.1. The van der Waals surface area contributed by atoms with Gasteiger partial charge in [-0.3, -0.25) is 0 Å². The maximum atomic E-state index is 14.3. The number of carbonyl (C=O) groups excluding carboxylic acids is 8. The minimum Gasteiger partial charge on any atom is -0.656 e. The van der Waals surface area contributed by atoms with E-state index in [0.717, 1.165) is 0 Å². The van der Waals surface area contributed by atoms with Crippen molar-refractivity contribution in [1.29, 1.82) is 0 Å². The molecule has 0 atom stereocenters. The van der Waals surface area contributed by atoms with E-state index in [2.05, 4.69) is 0 Å². The van der Waals surface area contributed by atoms with Gasteiger partial charge in [-0.05, 0) is 115 Å². The number of ether oxygens (including phenoxy) is 8. The molecule has 4 heterocycles. The number of benzene rings is 8. The van der Waals surface area contributed by atoms with Gasteiger partial charge in [-0.15, -0.1) is 22.1 Å². The molecular weight excluding hydrogens is 1290 g/mol. The molecule has 2 aliphatic heterocycles. The van der Waals surface area contributed by atoms with Crippen LogP contribution in [-0.2, 0) is 57.4 Å². The molecule has 10 aromatic rings. The zero-order valence-electron chi connectivity index (χ0n) is 53.2. The molecule has 0 radical (unpaired) electrons. The van der Waals surface area contributed by atoms with Crippen molar-refractivity contribution >= 4 is 91.4 Å². The molecule has 8 bridgehead atoms. The van der Waals surface area contributed by atoms with Gasteiger partial charge in [0, 0.05) is 22.3 Å². The molecule has 0 spiro atoms. The summed E-state index contributed by atoms with van der Waals surface area (Å²) in [6.45, 7) is 0. The molecule has 97 heavy (non-hydrogen) atoms. The van der Waals surface area contributed by atoms with Gasteiger partial charge in [-0.2, -0.15) is 0 Å². The van der Waals surface area contributed by atoms with Crippen LogP contribution in [0.1, 0.15) is 82.9 Å². The van der Waals surface area contributed by atoms with Crippen molar-refractivity contribution < 1.29 is 95.7 Å². The molecule has 0 fully saturated rings. The summed E-state index contributed by atoms with van der Waals surface area (Å²) >= 11 is 0. The summed E-state index contributed by atoms with van der Waals surface area (Å²) in [5.74, 6) is -7.27. The van der Waals surface area contributed by atoms with E-state index in [9.17, 15) is 38.4 Å². The van der Waals surface area contributed by atoms with E-state index in [0.29, 0.717) is 22.3 Å². The summed E-state index contributed by atoms with van der Waals surface area (Å²) in [6.07, 6.45) is 0. The number of nitrogens with zero attached hydrogens (tertiary/aromatic N) is 4. The van der Waals surface area contributed by atoms with Crippen molar-refractivity contribution in [2.75, 3.05) is 56.9 Å². The standard InChI is InChI=1S/C76H54N4O16.Zn/c1-89-69(81)49-29-41-42(30-50(49)70(82)90-2)62-58(38-23-15-10-16-24-38)64-45-33-53(73(85)93-5)54(74(86)94-6)34-46(45)66(79-64)60(40-27-19-12-20-28-40)68-48-36-56(76(88)96-8)55(75(87)95-7)35-47(48)67(80-68)59(39-25-17-11-18-26-39)65-44-32-52(72(84)92-4)51(71(83)91-3)31-43(44)63(78-65)57(61(41)77-62)37-21-13-9-14-22-37;/h9-36H,1-8H3,(H2,77,78,79,80,81,82,83,84,85,86,87,88);/q;+2/p-2. The second kappa shape index (κ2) is 26.3. The minimum atomic E-state index is -0.908. The second-order valence-corrected chi connectivity index (χ2v) is 21.9. The van der Waals surface area contributed by atoms with Crippen molar-refractivity contribution in [3.05, 3.63) is 214 Å². The third kappa shape index (κ3) is 10.8. The number of hydrogen-bond donors (Lipinski definition) is 0. The molecule has 2 aromatic heterocycles. The molecule has 0 amide bonds. The summed E-state index contributed by atoms with van der Waals surface area (Å²) in [6, 6.07) is 47.9. The zero-order valence-corrected chi connectivity index (χ0v) is 56.2. The van der Waals surface area contributed by atoms with Crippen LogP contribution in [0.3, 0.4) is 0 Å². The smallest absolute Gasteiger partial charge is 0.656 e. The second-order valence-electron chi connectivity index (χ2n) is 21.9. The van der Waals surface area contributed by atoms with Crippen LogP contribution in [0.15, 0.2) is 170 Å². The molecule has 1 aliphatic carbocycles. The van der Waals surface area contributed by atoms with Gasteiger partial charge in [0.05, 0.1) is 124 Å². The van der Waals surface area contributed by atoms with Crippen LogP contribution in [0, 0.1) is 0 Å². The Hall–Kier alpha value is -12.2. The van der Waals surface area contributed by atoms with Crippen LogP contribution in [0.2, 0.25) is 0 Å². The molecule has 0 unspecified atom stereocenters. The number of methoxy groups -OCH3 is 8. The van der Waals surface area contributed by atoms with E-state index in [1.807, 2.05) is 48.5 Å². The molecule has 0 N–H and O–H groups in total. The van der Waals surface area contributed by atoms with Gasteiger partial charge in [-0.25, -0.2) is 48.3 Å². The van der Waals surface area contributed by atoms with Gasteiger partial charge in [0.1, 0.15) is 0 Å². The molecule has 0 saturated heterocycles. The van der Waals surface area contributed by atoms with Gasteiger partial charge >= 0.3 is 67.2 Å². The summed E-state index contributed by atoms with van der Waals surface area (Å²) in [7, 11) is 9.36. The first-order chi connectivity index (χ1) is 46.6. The maximum absolute atomic E-state index is 14.3. The van der Waals surface area contributed by atoms with Gasteiger partial charge in [0.15, 0.2) is 0 Å². The summed E-state index contributed by atoms with van der Waals surface area (Å²) in [5, 5.41) is 0.998. The largest absolute Gasteiger partial charge is 2.00 e. The van der Waals surface area contributed by atoms with Crippen molar-refractivity contribution in [3.8, 4) is 89.5 Å². The van der Waals surface area contributed by atoms with Crippen LogP contribution in [0.25, 0.3) is 133 Å². The van der Waals surface area contributed by atoms with Gasteiger partial charge in [-0.1, -0.05) is 121 Å². The van der Waals surface area contributed by atoms with Crippen LogP contribution in [-0.4, -0.2) is 115 Å². The van der Waals surface area contributed by atoms with Crippen molar-refractivity contribution in [2.24, 2.45) is 0 Å². The van der Waals surface area contributed by atoms with E-state index in [-0.39, 0.29) is 175 Å². The first-order valence-electron chi connectivity index (χ1n) is 29.6. The Morgan fingerprint density at radius 1 is 0.258 bits per heavy atom. The number of rotatable bonds is 12. The molecule has 0 saturated carbocycles. The Balaban J connectivity index is 0.00000897. The molecule has 8 aromatic carbocycles. The monoisotopic (exact) mass is 1340 g/mol. The molecule has 21 heteroatoms. The van der Waals surface area contributed by atoms with Crippen LogP contribution in [0.5, 0.6) is 0 Å². The molecular formula is C76H52N4O16Zn. The topological polar surface area (TPSA) is 264 Å². The Labute approximate surface area is 564 Å². The van der Waals surface area contributed by atoms with Gasteiger partial charge < -0.3 is 47.9 Å². The maximum Gasteiger partial charge on any atom is 2.00 e. The molecule has 474 valence electrons. The third-order valence-electron chi connectivity index (χ3n) is 17.0. The van der Waals surface area contributed by atoms with Gasteiger partial charge in [0.2, 0.25) is 0 Å². The number of aromatic nitrogens is 4. The molecule has 20 nitrogen and oxygen atoms in total. The van der Waals surface area contributed by atoms with Crippen LogP contribution in [0.4, 0.5) is 0 Å². The van der Waals surface area contributed by atoms with Crippen molar-refractivity contribution in [1.82, 2.24) is 19.9 Å². The predicted molar refractivity (Wildman–Crippen MR) is 355 cm³/mol. The Morgan fingerprint density at radius 3 is 0.588 bits per heavy atom. The fourth-order valence-electron chi connectivity index (χ4n) is 12.6. The fourth-order valence-corrected chi connectivity index (χ4v) is 12.6. The van der Waals surface area contributed by atoms with E-state index < -0.39 is 47.8 Å². The Bertz CT molecular complexity index is 4720. The first kappa shape index (κ1) is 64.9. The SMILES string of the molecule is COC(=O)c1cc2c(cc1C(=O)OC)-c1nc-2c(-c2ccccc2)c2[n-]c(c(-c3ccccc3)c3nc(c(-c4ccccc4)c4[n-]c(c1-c1ccccc1)c1cc(C(=O)OC)c(C(=O)OC)cc41)-c1cc(C(=O)OC)c(C(=O)OC)cc1-3)c1cc(C(=O)OC)c(C(=O)OC)cc21.[Zn+2]. The first-order valence-corrected chi connectivity index (χ1v) is 29.6. The number of hydrogen-bond acceptors (Lipinski definition) is 18. The van der Waals surface area contributed by atoms with Crippen molar-refractivity contribution in [2.45, 2.75) is 0 Å². The quantitative estimate of drug-likeness (QED) is 0.0625.